The van der Waals surface area contributed by atoms with E-state index >= 15 is 0 Å². The Labute approximate surface area is 116 Å². The summed E-state index contributed by atoms with van der Waals surface area (Å²) in [6.07, 6.45) is 10.0. The summed E-state index contributed by atoms with van der Waals surface area (Å²) in [4.78, 5) is 12.0. The van der Waals surface area contributed by atoms with E-state index in [2.05, 4.69) is 37.8 Å². The van der Waals surface area contributed by atoms with Crippen LogP contribution in [-0.2, 0) is 10.2 Å². The van der Waals surface area contributed by atoms with Crippen molar-refractivity contribution in [2.24, 2.45) is 5.92 Å². The third kappa shape index (κ3) is 2.80. The summed E-state index contributed by atoms with van der Waals surface area (Å²) in [6.45, 7) is 5.96. The van der Waals surface area contributed by atoms with Crippen molar-refractivity contribution in [2.75, 3.05) is 0 Å². The van der Waals surface area contributed by atoms with E-state index in [0.717, 1.165) is 6.42 Å². The first kappa shape index (κ1) is 14.0. The molecular weight excluding hydrogens is 232 g/mol. The fourth-order valence-electron chi connectivity index (χ4n) is 3.45. The third-order valence-corrected chi connectivity index (χ3v) is 4.62. The van der Waals surface area contributed by atoms with Crippen molar-refractivity contribution in [3.63, 3.8) is 0 Å². The van der Waals surface area contributed by atoms with E-state index in [4.69, 9.17) is 0 Å². The SMILES string of the molecule is C=CC[C@@](C=O)(c1ccc(C)cc1)C1CCCCC1. The van der Waals surface area contributed by atoms with E-state index in [9.17, 15) is 4.79 Å². The second-order valence-corrected chi connectivity index (χ2v) is 5.85. The predicted octanol–water partition coefficient (Wildman–Crippen LogP) is 4.59. The molecule has 1 heteroatoms. The number of hydrogen-bond acceptors (Lipinski definition) is 1. The van der Waals surface area contributed by atoms with Gasteiger partial charge in [-0.2, -0.15) is 0 Å². The van der Waals surface area contributed by atoms with E-state index in [1.165, 1.54) is 49.5 Å². The molecule has 1 aromatic rings. The highest BCUT2D eigenvalue weighted by Crippen LogP contribution is 2.42. The van der Waals surface area contributed by atoms with Crippen molar-refractivity contribution in [1.29, 1.82) is 0 Å². The van der Waals surface area contributed by atoms with Gasteiger partial charge in [-0.15, -0.1) is 6.58 Å². The van der Waals surface area contributed by atoms with Crippen LogP contribution in [0.25, 0.3) is 0 Å². The minimum absolute atomic E-state index is 0.351. The lowest BCUT2D eigenvalue weighted by Gasteiger charge is -2.38. The zero-order chi connectivity index (χ0) is 13.7. The van der Waals surface area contributed by atoms with Gasteiger partial charge in [-0.3, -0.25) is 0 Å². The molecule has 0 radical (unpaired) electrons. The molecule has 0 bridgehead atoms. The Morgan fingerprint density at radius 2 is 1.84 bits per heavy atom. The second-order valence-electron chi connectivity index (χ2n) is 5.85. The molecule has 0 unspecified atom stereocenters. The number of carbonyl (C=O) groups excluding carboxylic acids is 1. The van der Waals surface area contributed by atoms with Crippen LogP contribution in [0.1, 0.15) is 49.7 Å². The van der Waals surface area contributed by atoms with Gasteiger partial charge in [0.25, 0.3) is 0 Å². The molecule has 1 aliphatic carbocycles. The Balaban J connectivity index is 2.39. The van der Waals surface area contributed by atoms with E-state index < -0.39 is 0 Å². The Kier molecular flexibility index (Phi) is 4.57. The molecule has 1 aromatic carbocycles. The highest BCUT2D eigenvalue weighted by Gasteiger charge is 2.39. The molecule has 1 aliphatic rings. The van der Waals surface area contributed by atoms with Gasteiger partial charge in [0.1, 0.15) is 6.29 Å². The first-order chi connectivity index (χ1) is 9.23. The van der Waals surface area contributed by atoms with Gasteiger partial charge in [0.2, 0.25) is 0 Å². The molecule has 1 fully saturated rings. The van der Waals surface area contributed by atoms with Crippen molar-refractivity contribution in [1.82, 2.24) is 0 Å². The van der Waals surface area contributed by atoms with E-state index in [1.807, 2.05) is 6.08 Å². The number of carbonyl (C=O) groups is 1. The van der Waals surface area contributed by atoms with Crippen LogP contribution in [-0.4, -0.2) is 6.29 Å². The maximum absolute atomic E-state index is 12.0. The summed E-state index contributed by atoms with van der Waals surface area (Å²) in [5.74, 6) is 0.472. The highest BCUT2D eigenvalue weighted by molar-refractivity contribution is 5.70. The average Bonchev–Trinajstić information content (AvgIpc) is 2.47. The first-order valence-electron chi connectivity index (χ1n) is 7.37. The van der Waals surface area contributed by atoms with Crippen molar-refractivity contribution >= 4 is 6.29 Å². The molecule has 102 valence electrons. The smallest absolute Gasteiger partial charge is 0.131 e. The van der Waals surface area contributed by atoms with Crippen LogP contribution in [0.4, 0.5) is 0 Å². The third-order valence-electron chi connectivity index (χ3n) is 4.62. The van der Waals surface area contributed by atoms with Gasteiger partial charge >= 0.3 is 0 Å². The molecule has 0 amide bonds. The maximum atomic E-state index is 12.0. The quantitative estimate of drug-likeness (QED) is 0.556. The van der Waals surface area contributed by atoms with E-state index in [0.29, 0.717) is 5.92 Å². The molecule has 0 heterocycles. The van der Waals surface area contributed by atoms with Crippen molar-refractivity contribution in [3.05, 3.63) is 48.0 Å². The number of aldehydes is 1. The summed E-state index contributed by atoms with van der Waals surface area (Å²) < 4.78 is 0. The summed E-state index contributed by atoms with van der Waals surface area (Å²) in [6, 6.07) is 8.47. The molecule has 1 nitrogen and oxygen atoms in total. The fourth-order valence-corrected chi connectivity index (χ4v) is 3.45. The van der Waals surface area contributed by atoms with Crippen LogP contribution in [0.2, 0.25) is 0 Å². The zero-order valence-electron chi connectivity index (χ0n) is 11.9. The van der Waals surface area contributed by atoms with Crippen LogP contribution >= 0.6 is 0 Å². The molecule has 2 rings (SSSR count). The Morgan fingerprint density at radius 1 is 1.21 bits per heavy atom. The highest BCUT2D eigenvalue weighted by atomic mass is 16.1. The number of aryl methyl sites for hydroxylation is 1. The number of allylic oxidation sites excluding steroid dienone is 1. The molecular formula is C18H24O. The minimum atomic E-state index is -0.351. The topological polar surface area (TPSA) is 17.1 Å². The van der Waals surface area contributed by atoms with E-state index in [-0.39, 0.29) is 5.41 Å². The Hall–Kier alpha value is -1.37. The standard InChI is InChI=1S/C18H24O/c1-3-13-18(14-19,16-7-5-4-6-8-16)17-11-9-15(2)10-12-17/h3,9-12,14,16H,1,4-8,13H2,2H3/t18-/m0/s1. The monoisotopic (exact) mass is 256 g/mol. The van der Waals surface area contributed by atoms with Crippen LogP contribution < -0.4 is 0 Å². The lowest BCUT2D eigenvalue weighted by atomic mass is 9.64. The molecule has 1 saturated carbocycles. The summed E-state index contributed by atoms with van der Waals surface area (Å²) in [7, 11) is 0. The summed E-state index contributed by atoms with van der Waals surface area (Å²) >= 11 is 0. The average molecular weight is 256 g/mol. The van der Waals surface area contributed by atoms with E-state index in [1.54, 1.807) is 0 Å². The van der Waals surface area contributed by atoms with Gasteiger partial charge in [0, 0.05) is 0 Å². The number of rotatable bonds is 5. The van der Waals surface area contributed by atoms with Gasteiger partial charge in [-0.1, -0.05) is 55.2 Å². The largest absolute Gasteiger partial charge is 0.302 e. The van der Waals surface area contributed by atoms with Crippen LogP contribution in [0.5, 0.6) is 0 Å². The first-order valence-corrected chi connectivity index (χ1v) is 7.37. The lowest BCUT2D eigenvalue weighted by Crippen LogP contribution is -2.38. The zero-order valence-corrected chi connectivity index (χ0v) is 11.9. The lowest BCUT2D eigenvalue weighted by molar-refractivity contribution is -0.114. The van der Waals surface area contributed by atoms with Gasteiger partial charge < -0.3 is 4.79 Å². The Morgan fingerprint density at radius 3 is 2.37 bits per heavy atom. The van der Waals surface area contributed by atoms with Gasteiger partial charge in [0.05, 0.1) is 5.41 Å². The van der Waals surface area contributed by atoms with Crippen molar-refractivity contribution < 1.29 is 4.79 Å². The van der Waals surface area contributed by atoms with Gasteiger partial charge in [0.15, 0.2) is 0 Å². The maximum Gasteiger partial charge on any atom is 0.131 e. The predicted molar refractivity (Wildman–Crippen MR) is 80.3 cm³/mol. The molecule has 19 heavy (non-hydrogen) atoms. The van der Waals surface area contributed by atoms with Gasteiger partial charge in [-0.05, 0) is 37.7 Å². The molecule has 0 N–H and O–H groups in total. The molecule has 0 spiro atoms. The van der Waals surface area contributed by atoms with Crippen LogP contribution in [0.15, 0.2) is 36.9 Å². The normalized spacial score (nSPS) is 19.6. The van der Waals surface area contributed by atoms with Crippen molar-refractivity contribution in [2.45, 2.75) is 50.9 Å². The molecule has 0 saturated heterocycles. The second kappa shape index (κ2) is 6.18. The van der Waals surface area contributed by atoms with Crippen LogP contribution in [0.3, 0.4) is 0 Å². The molecule has 1 atom stereocenters. The fraction of sp³-hybridized carbons (Fsp3) is 0.500. The number of hydrogen-bond donors (Lipinski definition) is 0. The summed E-state index contributed by atoms with van der Waals surface area (Å²) in [5, 5.41) is 0. The minimum Gasteiger partial charge on any atom is -0.302 e. The molecule has 0 aliphatic heterocycles. The number of benzene rings is 1. The van der Waals surface area contributed by atoms with Crippen LogP contribution in [0, 0.1) is 12.8 Å². The summed E-state index contributed by atoms with van der Waals surface area (Å²) in [5.41, 5.74) is 2.06. The van der Waals surface area contributed by atoms with Gasteiger partial charge in [-0.25, -0.2) is 0 Å². The van der Waals surface area contributed by atoms with Crippen molar-refractivity contribution in [3.8, 4) is 0 Å². The Bertz CT molecular complexity index is 426. The molecule has 0 aromatic heterocycles.